The molecule has 0 saturated heterocycles. The molecule has 0 fully saturated rings. The van der Waals surface area contributed by atoms with E-state index in [1.165, 1.54) is 42.5 Å². The zero-order valence-electron chi connectivity index (χ0n) is 18.1. The third-order valence-electron chi connectivity index (χ3n) is 6.26. The van der Waals surface area contributed by atoms with Gasteiger partial charge in [-0.25, -0.2) is 8.78 Å². The molecule has 1 unspecified atom stereocenters. The largest absolute Gasteiger partial charge is 0.207 e. The Hall–Kier alpha value is -2.92. The van der Waals surface area contributed by atoms with Crippen molar-refractivity contribution in [1.82, 2.24) is 0 Å². The van der Waals surface area contributed by atoms with E-state index < -0.39 is 0 Å². The van der Waals surface area contributed by atoms with Crippen LogP contribution in [0.3, 0.4) is 0 Å². The van der Waals surface area contributed by atoms with Crippen molar-refractivity contribution in [2.75, 3.05) is 0 Å². The summed E-state index contributed by atoms with van der Waals surface area (Å²) in [5.74, 6) is 5.80. The summed E-state index contributed by atoms with van der Waals surface area (Å²) >= 11 is 0. The maximum atomic E-state index is 15.1. The minimum atomic E-state index is -0.300. The summed E-state index contributed by atoms with van der Waals surface area (Å²) in [7, 11) is 0. The first-order valence-electron chi connectivity index (χ1n) is 11.3. The second-order valence-corrected chi connectivity index (χ2v) is 8.46. The molecule has 0 amide bonds. The van der Waals surface area contributed by atoms with Crippen LogP contribution in [0.4, 0.5) is 8.78 Å². The van der Waals surface area contributed by atoms with Gasteiger partial charge in [0.15, 0.2) is 0 Å². The molecule has 1 aliphatic rings. The van der Waals surface area contributed by atoms with Crippen LogP contribution in [0, 0.1) is 23.5 Å². The van der Waals surface area contributed by atoms with Gasteiger partial charge >= 0.3 is 0 Å². The molecule has 0 nitrogen and oxygen atoms in total. The molecule has 31 heavy (non-hydrogen) atoms. The molecular weight excluding hydrogens is 386 g/mol. The van der Waals surface area contributed by atoms with Crippen LogP contribution in [-0.2, 0) is 19.3 Å². The Bertz CT molecular complexity index is 1080. The highest BCUT2D eigenvalue weighted by atomic mass is 19.1. The lowest BCUT2D eigenvalue weighted by Gasteiger charge is -2.26. The lowest BCUT2D eigenvalue weighted by Crippen LogP contribution is -2.15. The van der Waals surface area contributed by atoms with Crippen molar-refractivity contribution >= 4 is 0 Å². The Balaban J connectivity index is 1.47. The van der Waals surface area contributed by atoms with E-state index in [-0.39, 0.29) is 11.6 Å². The Morgan fingerprint density at radius 2 is 1.65 bits per heavy atom. The quantitative estimate of drug-likeness (QED) is 0.302. The number of rotatable bonds is 5. The molecule has 2 heteroatoms. The standard InChI is InChI=1S/C29H28F2/c1-2-3-4-5-21-6-11-23(12-7-21)25-16-19-28-26(20-25)15-14-24(29(28)31)13-8-22-9-17-27(30)18-10-22/h6-7,9-12,14-15,17-18,25H,2-5,16,19-20H2,1H3. The van der Waals surface area contributed by atoms with E-state index >= 15 is 4.39 Å². The molecule has 1 atom stereocenters. The highest BCUT2D eigenvalue weighted by Crippen LogP contribution is 2.34. The molecule has 0 saturated carbocycles. The summed E-state index contributed by atoms with van der Waals surface area (Å²) < 4.78 is 28.1. The number of benzene rings is 3. The van der Waals surface area contributed by atoms with Crippen molar-refractivity contribution in [2.24, 2.45) is 0 Å². The monoisotopic (exact) mass is 414 g/mol. The summed E-state index contributed by atoms with van der Waals surface area (Å²) in [5, 5.41) is 0. The maximum absolute atomic E-state index is 15.1. The lowest BCUT2D eigenvalue weighted by molar-refractivity contribution is 0.540. The third kappa shape index (κ3) is 5.23. The second-order valence-electron chi connectivity index (χ2n) is 8.46. The smallest absolute Gasteiger partial charge is 0.142 e. The fraction of sp³-hybridized carbons (Fsp3) is 0.310. The molecule has 4 rings (SSSR count). The van der Waals surface area contributed by atoms with E-state index in [1.807, 2.05) is 6.07 Å². The van der Waals surface area contributed by atoms with E-state index in [9.17, 15) is 4.39 Å². The number of hydrogen-bond acceptors (Lipinski definition) is 0. The summed E-state index contributed by atoms with van der Waals surface area (Å²) in [6.45, 7) is 2.23. The van der Waals surface area contributed by atoms with Crippen LogP contribution in [0.25, 0.3) is 0 Å². The first-order chi connectivity index (χ1) is 15.1. The van der Waals surface area contributed by atoms with Crippen molar-refractivity contribution in [1.29, 1.82) is 0 Å². The Kier molecular flexibility index (Phi) is 6.82. The van der Waals surface area contributed by atoms with Crippen LogP contribution in [0.2, 0.25) is 0 Å². The summed E-state index contributed by atoms with van der Waals surface area (Å²) in [6, 6.07) is 18.8. The number of fused-ring (bicyclic) bond motifs is 1. The summed E-state index contributed by atoms with van der Waals surface area (Å²) in [6.07, 6.45) is 7.47. The van der Waals surface area contributed by atoms with Gasteiger partial charge in [-0.15, -0.1) is 0 Å². The Labute approximate surface area is 184 Å². The van der Waals surface area contributed by atoms with Gasteiger partial charge in [-0.3, -0.25) is 0 Å². The number of hydrogen-bond donors (Lipinski definition) is 0. The van der Waals surface area contributed by atoms with Crippen molar-refractivity contribution in [3.05, 3.63) is 106 Å². The van der Waals surface area contributed by atoms with Crippen LogP contribution in [-0.4, -0.2) is 0 Å². The first-order valence-corrected chi connectivity index (χ1v) is 11.3. The van der Waals surface area contributed by atoms with Gasteiger partial charge in [-0.1, -0.05) is 61.9 Å². The van der Waals surface area contributed by atoms with Crippen molar-refractivity contribution in [3.63, 3.8) is 0 Å². The fourth-order valence-electron chi connectivity index (χ4n) is 4.40. The van der Waals surface area contributed by atoms with Gasteiger partial charge in [0.25, 0.3) is 0 Å². The zero-order valence-corrected chi connectivity index (χ0v) is 18.1. The maximum Gasteiger partial charge on any atom is 0.142 e. The minimum absolute atomic E-state index is 0.197. The van der Waals surface area contributed by atoms with Gasteiger partial charge in [0.1, 0.15) is 11.6 Å². The van der Waals surface area contributed by atoms with E-state index in [2.05, 4.69) is 43.0 Å². The highest BCUT2D eigenvalue weighted by molar-refractivity contribution is 5.48. The molecule has 158 valence electrons. The van der Waals surface area contributed by atoms with Gasteiger partial charge in [-0.05, 0) is 90.6 Å². The van der Waals surface area contributed by atoms with Crippen molar-refractivity contribution < 1.29 is 8.78 Å². The normalized spacial score (nSPS) is 15.1. The molecule has 3 aromatic carbocycles. The summed E-state index contributed by atoms with van der Waals surface area (Å²) in [5.41, 5.74) is 5.75. The molecule has 0 aliphatic heterocycles. The molecule has 1 aliphatic carbocycles. The van der Waals surface area contributed by atoms with Crippen molar-refractivity contribution in [3.8, 4) is 11.8 Å². The van der Waals surface area contributed by atoms with Gasteiger partial charge in [0.05, 0.1) is 5.56 Å². The highest BCUT2D eigenvalue weighted by Gasteiger charge is 2.23. The molecule has 0 bridgehead atoms. The van der Waals surface area contributed by atoms with Crippen LogP contribution in [0.5, 0.6) is 0 Å². The number of halogens is 2. The zero-order chi connectivity index (χ0) is 21.6. The number of unbranched alkanes of at least 4 members (excludes halogenated alkanes) is 2. The molecule has 0 N–H and O–H groups in total. The molecule has 0 aromatic heterocycles. The van der Waals surface area contributed by atoms with Gasteiger partial charge in [-0.2, -0.15) is 0 Å². The van der Waals surface area contributed by atoms with E-state index in [1.54, 1.807) is 18.2 Å². The second kappa shape index (κ2) is 9.92. The lowest BCUT2D eigenvalue weighted by atomic mass is 9.79. The average molecular weight is 415 g/mol. The molecular formula is C29H28F2. The van der Waals surface area contributed by atoms with Crippen LogP contribution in [0.15, 0.2) is 60.7 Å². The average Bonchev–Trinajstić information content (AvgIpc) is 2.80. The van der Waals surface area contributed by atoms with Crippen LogP contribution in [0.1, 0.15) is 71.9 Å². The fourth-order valence-corrected chi connectivity index (χ4v) is 4.40. The predicted octanol–water partition coefficient (Wildman–Crippen LogP) is 7.37. The topological polar surface area (TPSA) is 0 Å². The minimum Gasteiger partial charge on any atom is -0.207 e. The van der Waals surface area contributed by atoms with Gasteiger partial charge < -0.3 is 0 Å². The van der Waals surface area contributed by atoms with E-state index in [0.717, 1.165) is 36.8 Å². The Morgan fingerprint density at radius 3 is 2.39 bits per heavy atom. The summed E-state index contributed by atoms with van der Waals surface area (Å²) in [4.78, 5) is 0. The van der Waals surface area contributed by atoms with Crippen molar-refractivity contribution in [2.45, 2.75) is 57.8 Å². The SMILES string of the molecule is CCCCCc1ccc(C2CCc3c(ccc(C#Cc4ccc(F)cc4)c3F)C2)cc1. The third-order valence-corrected chi connectivity index (χ3v) is 6.26. The molecule has 0 radical (unpaired) electrons. The van der Waals surface area contributed by atoms with Crippen LogP contribution < -0.4 is 0 Å². The number of aryl methyl sites for hydroxylation is 1. The Morgan fingerprint density at radius 1 is 0.871 bits per heavy atom. The first kappa shape index (κ1) is 21.3. The van der Waals surface area contributed by atoms with Gasteiger partial charge in [0, 0.05) is 5.56 Å². The molecule has 3 aromatic rings. The van der Waals surface area contributed by atoms with E-state index in [4.69, 9.17) is 0 Å². The molecule has 0 spiro atoms. The molecule has 0 heterocycles. The van der Waals surface area contributed by atoms with Crippen LogP contribution >= 0.6 is 0 Å². The predicted molar refractivity (Wildman–Crippen MR) is 123 cm³/mol. The van der Waals surface area contributed by atoms with Gasteiger partial charge in [0.2, 0.25) is 0 Å². The van der Waals surface area contributed by atoms with E-state index in [0.29, 0.717) is 17.0 Å².